The van der Waals surface area contributed by atoms with E-state index in [4.69, 9.17) is 9.47 Å². The van der Waals surface area contributed by atoms with E-state index in [-0.39, 0.29) is 19.1 Å². The molecule has 40 heavy (non-hydrogen) atoms. The third-order valence-electron chi connectivity index (χ3n) is 6.05. The van der Waals surface area contributed by atoms with Gasteiger partial charge in [-0.05, 0) is 82.0 Å². The molecular formula is C31H33N3O5S. The third-order valence-corrected chi connectivity index (χ3v) is 7.22. The van der Waals surface area contributed by atoms with Gasteiger partial charge < -0.3 is 20.1 Å². The van der Waals surface area contributed by atoms with Gasteiger partial charge in [-0.15, -0.1) is 11.3 Å². The maximum absolute atomic E-state index is 13.5. The van der Waals surface area contributed by atoms with Gasteiger partial charge >= 0.3 is 12.1 Å². The monoisotopic (exact) mass is 559 g/mol. The number of alkyl carbamates (subject to hydrolysis) is 1. The van der Waals surface area contributed by atoms with Crippen molar-refractivity contribution in [1.29, 1.82) is 0 Å². The molecule has 0 spiro atoms. The maximum Gasteiger partial charge on any atom is 0.407 e. The largest absolute Gasteiger partial charge is 0.456 e. The highest BCUT2D eigenvalue weighted by atomic mass is 32.1. The maximum atomic E-state index is 13.5. The molecule has 2 aromatic carbocycles. The van der Waals surface area contributed by atoms with Gasteiger partial charge in [-0.2, -0.15) is 0 Å². The van der Waals surface area contributed by atoms with Gasteiger partial charge in [0.05, 0.1) is 11.5 Å². The Bertz CT molecular complexity index is 1540. The number of hydrogen-bond donors (Lipinski definition) is 2. The summed E-state index contributed by atoms with van der Waals surface area (Å²) in [5, 5.41) is 7.59. The number of ether oxygens (including phenoxy) is 2. The van der Waals surface area contributed by atoms with Crippen molar-refractivity contribution >= 4 is 45.8 Å². The lowest BCUT2D eigenvalue weighted by Gasteiger charge is -2.21. The van der Waals surface area contributed by atoms with Crippen molar-refractivity contribution in [2.75, 3.05) is 11.9 Å². The summed E-state index contributed by atoms with van der Waals surface area (Å²) in [7, 11) is 0. The van der Waals surface area contributed by atoms with Gasteiger partial charge in [-0.25, -0.2) is 9.59 Å². The lowest BCUT2D eigenvalue weighted by atomic mass is 10.1. The van der Waals surface area contributed by atoms with Crippen LogP contribution in [-0.2, 0) is 20.9 Å². The first kappa shape index (κ1) is 28.8. The second-order valence-corrected chi connectivity index (χ2v) is 11.8. The number of nitrogens with zero attached hydrogens (tertiary/aromatic N) is 1. The van der Waals surface area contributed by atoms with Crippen LogP contribution in [0.2, 0.25) is 0 Å². The molecule has 0 aliphatic heterocycles. The molecule has 4 aromatic rings. The number of carbonyl (C=O) groups is 3. The van der Waals surface area contributed by atoms with Gasteiger partial charge in [0, 0.05) is 39.8 Å². The number of thiophene rings is 1. The number of carbonyl (C=O) groups excluding carboxylic acids is 3. The van der Waals surface area contributed by atoms with Gasteiger partial charge in [0.2, 0.25) is 5.91 Å². The Balaban J connectivity index is 1.49. The molecule has 2 N–H and O–H groups in total. The fraction of sp³-hybridized carbons (Fsp3) is 0.290. The second-order valence-electron chi connectivity index (χ2n) is 10.6. The van der Waals surface area contributed by atoms with E-state index in [2.05, 4.69) is 15.6 Å². The molecule has 0 fully saturated rings. The molecule has 1 unspecified atom stereocenters. The molecule has 4 rings (SSSR count). The van der Waals surface area contributed by atoms with Gasteiger partial charge in [0.25, 0.3) is 0 Å². The molecule has 1 atom stereocenters. The Kier molecular flexibility index (Phi) is 8.84. The molecule has 2 amide bonds. The highest BCUT2D eigenvalue weighted by molar-refractivity contribution is 7.12. The Hall–Kier alpha value is -4.24. The first-order valence-electron chi connectivity index (χ1n) is 12.9. The van der Waals surface area contributed by atoms with Crippen molar-refractivity contribution in [3.8, 4) is 0 Å². The van der Waals surface area contributed by atoms with Crippen molar-refractivity contribution in [2.24, 2.45) is 0 Å². The molecule has 9 heteroatoms. The summed E-state index contributed by atoms with van der Waals surface area (Å²) in [4.78, 5) is 44.1. The quantitative estimate of drug-likeness (QED) is 0.238. The molecule has 0 aliphatic carbocycles. The predicted molar refractivity (Wildman–Crippen MR) is 157 cm³/mol. The number of aryl methyl sites for hydroxylation is 2. The number of pyridine rings is 1. The summed E-state index contributed by atoms with van der Waals surface area (Å²) in [6.07, 6.45) is 2.85. The molecular weight excluding hydrogens is 526 g/mol. The summed E-state index contributed by atoms with van der Waals surface area (Å²) in [6, 6.07) is 16.7. The molecule has 0 saturated carbocycles. The Morgan fingerprint density at radius 2 is 1.77 bits per heavy atom. The number of hydrogen-bond acceptors (Lipinski definition) is 7. The van der Waals surface area contributed by atoms with E-state index in [1.807, 2.05) is 62.4 Å². The summed E-state index contributed by atoms with van der Waals surface area (Å²) < 4.78 is 10.9. The lowest BCUT2D eigenvalue weighted by molar-refractivity contribution is -0.117. The van der Waals surface area contributed by atoms with E-state index in [0.717, 1.165) is 31.7 Å². The van der Waals surface area contributed by atoms with Crippen molar-refractivity contribution in [3.05, 3.63) is 93.4 Å². The van der Waals surface area contributed by atoms with Crippen LogP contribution < -0.4 is 10.6 Å². The zero-order valence-corrected chi connectivity index (χ0v) is 24.1. The fourth-order valence-electron chi connectivity index (χ4n) is 4.13. The van der Waals surface area contributed by atoms with E-state index in [1.165, 1.54) is 11.3 Å². The van der Waals surface area contributed by atoms with Gasteiger partial charge in [0.1, 0.15) is 12.2 Å². The van der Waals surface area contributed by atoms with E-state index < -0.39 is 23.6 Å². The van der Waals surface area contributed by atoms with Crippen LogP contribution in [-0.4, -0.2) is 35.1 Å². The minimum atomic E-state index is -0.700. The number of amides is 2. The first-order valence-corrected chi connectivity index (χ1v) is 13.7. The van der Waals surface area contributed by atoms with E-state index in [1.54, 1.807) is 39.2 Å². The number of esters is 1. The fourth-order valence-corrected chi connectivity index (χ4v) is 5.15. The van der Waals surface area contributed by atoms with Crippen LogP contribution in [0.1, 0.15) is 57.9 Å². The number of nitrogens with one attached hydrogen (secondary N) is 2. The summed E-state index contributed by atoms with van der Waals surface area (Å²) in [5.74, 6) is -1.39. The molecule has 208 valence electrons. The molecule has 2 aromatic heterocycles. The summed E-state index contributed by atoms with van der Waals surface area (Å²) >= 11 is 1.35. The van der Waals surface area contributed by atoms with Crippen LogP contribution in [0.4, 0.5) is 10.5 Å². The number of fused-ring (bicyclic) bond motifs is 1. The van der Waals surface area contributed by atoms with E-state index in [9.17, 15) is 14.4 Å². The molecule has 0 radical (unpaired) electrons. The van der Waals surface area contributed by atoms with Crippen LogP contribution in [0.5, 0.6) is 0 Å². The van der Waals surface area contributed by atoms with Crippen molar-refractivity contribution in [3.63, 3.8) is 0 Å². The smallest absolute Gasteiger partial charge is 0.407 e. The number of benzene rings is 2. The average molecular weight is 560 g/mol. The molecule has 8 nitrogen and oxygen atoms in total. The average Bonchev–Trinajstić information content (AvgIpc) is 3.35. The number of rotatable bonds is 8. The zero-order chi connectivity index (χ0) is 28.9. The highest BCUT2D eigenvalue weighted by Crippen LogP contribution is 2.28. The van der Waals surface area contributed by atoms with E-state index >= 15 is 0 Å². The SMILES string of the molecule is Cc1ccc(C(=O)OCc2ccc(C(CNC(=O)OC(C)(C)C)C(=O)Nc3ccc4cnccc4c3)s2)c(C)c1. The molecule has 0 saturated heterocycles. The zero-order valence-electron chi connectivity index (χ0n) is 23.2. The minimum Gasteiger partial charge on any atom is -0.456 e. The van der Waals surface area contributed by atoms with E-state index in [0.29, 0.717) is 11.3 Å². The number of anilines is 1. The lowest BCUT2D eigenvalue weighted by Crippen LogP contribution is -2.37. The van der Waals surface area contributed by atoms with Gasteiger partial charge in [-0.1, -0.05) is 23.8 Å². The Morgan fingerprint density at radius 1 is 0.975 bits per heavy atom. The van der Waals surface area contributed by atoms with Gasteiger partial charge in [-0.3, -0.25) is 9.78 Å². The van der Waals surface area contributed by atoms with Crippen LogP contribution in [0.15, 0.2) is 67.0 Å². The summed E-state index contributed by atoms with van der Waals surface area (Å²) in [5.41, 5.74) is 2.41. The van der Waals surface area contributed by atoms with Crippen molar-refractivity contribution in [2.45, 2.75) is 52.7 Å². The van der Waals surface area contributed by atoms with Crippen LogP contribution in [0.25, 0.3) is 10.8 Å². The van der Waals surface area contributed by atoms with Crippen LogP contribution in [0.3, 0.4) is 0 Å². The second kappa shape index (κ2) is 12.3. The molecule has 0 bridgehead atoms. The molecule has 2 heterocycles. The summed E-state index contributed by atoms with van der Waals surface area (Å²) in [6.45, 7) is 9.27. The number of aromatic nitrogens is 1. The Labute approximate surface area is 237 Å². The molecule has 0 aliphatic rings. The first-order chi connectivity index (χ1) is 19.0. The normalized spacial score (nSPS) is 12.0. The highest BCUT2D eigenvalue weighted by Gasteiger charge is 2.25. The van der Waals surface area contributed by atoms with Crippen molar-refractivity contribution in [1.82, 2.24) is 10.3 Å². The van der Waals surface area contributed by atoms with Crippen LogP contribution in [0, 0.1) is 13.8 Å². The Morgan fingerprint density at radius 3 is 2.52 bits per heavy atom. The van der Waals surface area contributed by atoms with Crippen LogP contribution >= 0.6 is 11.3 Å². The standard InChI is InChI=1S/C31H33N3O5S/c1-19-6-10-25(20(2)14-19)29(36)38-18-24-9-11-27(40-24)26(17-33-30(37)39-31(3,4)5)28(35)34-23-8-7-22-16-32-13-12-21(22)15-23/h6-16,26H,17-18H2,1-5H3,(H,33,37)(H,34,35). The predicted octanol–water partition coefficient (Wildman–Crippen LogP) is 6.52. The van der Waals surface area contributed by atoms with Gasteiger partial charge in [0.15, 0.2) is 0 Å². The van der Waals surface area contributed by atoms with Crippen molar-refractivity contribution < 1.29 is 23.9 Å². The third kappa shape index (κ3) is 7.66. The minimum absolute atomic E-state index is 0.0283. The topological polar surface area (TPSA) is 107 Å².